The highest BCUT2D eigenvalue weighted by atomic mass is 16.5. The standard InChI is InChI=1S/C24H23N5O4/c1-15(2)22-26-21(27-33-22)17-7-8-20(25-14-17)28-9-11-29(12-10-28)23(30)18-13-16-5-3-4-6-19(16)32-24(18)31/h3-8,13-15H,9-12H2,1-2H3. The van der Waals surface area contributed by atoms with Crippen molar-refractivity contribution in [1.29, 1.82) is 0 Å². The lowest BCUT2D eigenvalue weighted by Gasteiger charge is -2.35. The zero-order chi connectivity index (χ0) is 22.9. The van der Waals surface area contributed by atoms with Gasteiger partial charge in [-0.3, -0.25) is 4.79 Å². The number of rotatable bonds is 4. The highest BCUT2D eigenvalue weighted by Crippen LogP contribution is 2.22. The van der Waals surface area contributed by atoms with E-state index in [2.05, 4.69) is 20.0 Å². The second-order valence-corrected chi connectivity index (χ2v) is 8.28. The maximum atomic E-state index is 13.0. The summed E-state index contributed by atoms with van der Waals surface area (Å²) in [6, 6.07) is 12.6. The molecule has 1 aromatic carbocycles. The lowest BCUT2D eigenvalue weighted by Crippen LogP contribution is -2.49. The third-order valence-corrected chi connectivity index (χ3v) is 5.70. The maximum Gasteiger partial charge on any atom is 0.349 e. The zero-order valence-corrected chi connectivity index (χ0v) is 18.4. The quantitative estimate of drug-likeness (QED) is 0.441. The van der Waals surface area contributed by atoms with Gasteiger partial charge < -0.3 is 18.7 Å². The first-order valence-corrected chi connectivity index (χ1v) is 10.9. The van der Waals surface area contributed by atoms with Crippen molar-refractivity contribution >= 4 is 22.7 Å². The average molecular weight is 445 g/mol. The highest BCUT2D eigenvalue weighted by molar-refractivity contribution is 5.96. The topological polar surface area (TPSA) is 106 Å². The molecule has 1 saturated heterocycles. The Balaban J connectivity index is 1.26. The van der Waals surface area contributed by atoms with Crippen LogP contribution in [0.4, 0.5) is 5.82 Å². The smallest absolute Gasteiger partial charge is 0.349 e. The lowest BCUT2D eigenvalue weighted by molar-refractivity contribution is 0.0742. The predicted octanol–water partition coefficient (Wildman–Crippen LogP) is 3.32. The van der Waals surface area contributed by atoms with Gasteiger partial charge in [0.25, 0.3) is 5.91 Å². The van der Waals surface area contributed by atoms with Crippen molar-refractivity contribution in [3.8, 4) is 11.4 Å². The van der Waals surface area contributed by atoms with E-state index in [1.165, 1.54) is 0 Å². The number of benzene rings is 1. The summed E-state index contributed by atoms with van der Waals surface area (Å²) in [5.74, 6) is 1.77. The zero-order valence-electron chi connectivity index (χ0n) is 18.4. The Morgan fingerprint density at radius 2 is 1.85 bits per heavy atom. The van der Waals surface area contributed by atoms with E-state index in [4.69, 9.17) is 8.94 Å². The number of nitrogens with zero attached hydrogens (tertiary/aromatic N) is 5. The molecular weight excluding hydrogens is 422 g/mol. The third kappa shape index (κ3) is 4.09. The minimum absolute atomic E-state index is 0.0607. The van der Waals surface area contributed by atoms with Gasteiger partial charge >= 0.3 is 5.63 Å². The fourth-order valence-corrected chi connectivity index (χ4v) is 3.81. The first kappa shape index (κ1) is 20.9. The summed E-state index contributed by atoms with van der Waals surface area (Å²) in [6.07, 6.45) is 1.72. The first-order chi connectivity index (χ1) is 16.0. The molecule has 4 heterocycles. The van der Waals surface area contributed by atoms with Crippen molar-refractivity contribution in [1.82, 2.24) is 20.0 Å². The molecule has 9 nitrogen and oxygen atoms in total. The average Bonchev–Trinajstić information content (AvgIpc) is 3.34. The van der Waals surface area contributed by atoms with Gasteiger partial charge in [0.2, 0.25) is 11.7 Å². The largest absolute Gasteiger partial charge is 0.422 e. The highest BCUT2D eigenvalue weighted by Gasteiger charge is 2.25. The number of hydrogen-bond acceptors (Lipinski definition) is 8. The first-order valence-electron chi connectivity index (χ1n) is 10.9. The summed E-state index contributed by atoms with van der Waals surface area (Å²) in [5.41, 5.74) is 0.705. The molecule has 0 bridgehead atoms. The maximum absolute atomic E-state index is 13.0. The summed E-state index contributed by atoms with van der Waals surface area (Å²) >= 11 is 0. The van der Waals surface area contributed by atoms with Crippen LogP contribution in [0.2, 0.25) is 0 Å². The van der Waals surface area contributed by atoms with Crippen LogP contribution in [-0.4, -0.2) is 52.1 Å². The molecule has 0 N–H and O–H groups in total. The lowest BCUT2D eigenvalue weighted by atomic mass is 10.1. The molecule has 0 atom stereocenters. The molecule has 33 heavy (non-hydrogen) atoms. The van der Waals surface area contributed by atoms with Gasteiger partial charge in [-0.1, -0.05) is 37.2 Å². The second-order valence-electron chi connectivity index (χ2n) is 8.28. The molecule has 1 amide bonds. The Morgan fingerprint density at radius 3 is 2.55 bits per heavy atom. The van der Waals surface area contributed by atoms with Crippen LogP contribution in [0, 0.1) is 0 Å². The van der Waals surface area contributed by atoms with Crippen LogP contribution in [0.25, 0.3) is 22.4 Å². The van der Waals surface area contributed by atoms with E-state index in [9.17, 15) is 9.59 Å². The molecule has 9 heteroatoms. The van der Waals surface area contributed by atoms with Gasteiger partial charge in [0, 0.05) is 49.2 Å². The Morgan fingerprint density at radius 1 is 1.06 bits per heavy atom. The van der Waals surface area contributed by atoms with E-state index < -0.39 is 5.63 Å². The van der Waals surface area contributed by atoms with E-state index in [0.717, 1.165) is 16.8 Å². The molecule has 1 aliphatic heterocycles. The monoisotopic (exact) mass is 445 g/mol. The van der Waals surface area contributed by atoms with Crippen molar-refractivity contribution in [2.45, 2.75) is 19.8 Å². The number of para-hydroxylation sites is 1. The Kier molecular flexibility index (Phi) is 5.37. The van der Waals surface area contributed by atoms with E-state index in [0.29, 0.717) is 43.5 Å². The van der Waals surface area contributed by atoms with Crippen LogP contribution in [0.3, 0.4) is 0 Å². The van der Waals surface area contributed by atoms with Crippen LogP contribution in [0.1, 0.15) is 36.0 Å². The van der Waals surface area contributed by atoms with Gasteiger partial charge in [0.05, 0.1) is 0 Å². The van der Waals surface area contributed by atoms with E-state index in [-0.39, 0.29) is 17.4 Å². The molecule has 5 rings (SSSR count). The molecule has 0 saturated carbocycles. The van der Waals surface area contributed by atoms with Crippen molar-refractivity contribution in [3.05, 3.63) is 70.5 Å². The number of pyridine rings is 1. The molecule has 0 radical (unpaired) electrons. The van der Waals surface area contributed by atoms with Crippen molar-refractivity contribution in [2.24, 2.45) is 0 Å². The molecule has 0 aliphatic carbocycles. The molecular formula is C24H23N5O4. The number of piperazine rings is 1. The number of fused-ring (bicyclic) bond motifs is 1. The normalized spacial score (nSPS) is 14.3. The Hall–Kier alpha value is -4.01. The Labute approximate surface area is 189 Å². The van der Waals surface area contributed by atoms with Gasteiger partial charge in [-0.05, 0) is 24.3 Å². The van der Waals surface area contributed by atoms with E-state index in [1.54, 1.807) is 29.3 Å². The summed E-state index contributed by atoms with van der Waals surface area (Å²) < 4.78 is 10.6. The van der Waals surface area contributed by atoms with Gasteiger partial charge in [-0.25, -0.2) is 9.78 Å². The molecule has 168 valence electrons. The number of hydrogen-bond donors (Lipinski definition) is 0. The molecule has 0 unspecified atom stereocenters. The number of aromatic nitrogens is 3. The van der Waals surface area contributed by atoms with E-state index >= 15 is 0 Å². The Bertz CT molecular complexity index is 1350. The fraction of sp³-hybridized carbons (Fsp3) is 0.292. The molecule has 0 spiro atoms. The SMILES string of the molecule is CC(C)c1nc(-c2ccc(N3CCN(C(=O)c4cc5ccccc5oc4=O)CC3)nc2)no1. The minimum atomic E-state index is -0.611. The number of carbonyl (C=O) groups is 1. The van der Waals surface area contributed by atoms with Crippen LogP contribution >= 0.6 is 0 Å². The van der Waals surface area contributed by atoms with Crippen LogP contribution < -0.4 is 10.5 Å². The van der Waals surface area contributed by atoms with Gasteiger partial charge in [0.1, 0.15) is 17.0 Å². The summed E-state index contributed by atoms with van der Waals surface area (Å²) in [4.78, 5) is 38.0. The summed E-state index contributed by atoms with van der Waals surface area (Å²) in [6.45, 7) is 6.17. The van der Waals surface area contributed by atoms with Crippen molar-refractivity contribution in [3.63, 3.8) is 0 Å². The fourth-order valence-electron chi connectivity index (χ4n) is 3.81. The number of carbonyl (C=O) groups excluding carboxylic acids is 1. The van der Waals surface area contributed by atoms with Gasteiger partial charge in [-0.15, -0.1) is 0 Å². The van der Waals surface area contributed by atoms with Crippen molar-refractivity contribution in [2.75, 3.05) is 31.1 Å². The molecule has 4 aromatic rings. The second kappa shape index (κ2) is 8.50. The van der Waals surface area contributed by atoms with Crippen molar-refractivity contribution < 1.29 is 13.7 Å². The number of amides is 1. The van der Waals surface area contributed by atoms with Crippen LogP contribution in [-0.2, 0) is 0 Å². The summed E-state index contributed by atoms with van der Waals surface area (Å²) in [7, 11) is 0. The van der Waals surface area contributed by atoms with Gasteiger partial charge in [-0.2, -0.15) is 4.98 Å². The predicted molar refractivity (Wildman–Crippen MR) is 122 cm³/mol. The summed E-state index contributed by atoms with van der Waals surface area (Å²) in [5, 5.41) is 4.74. The van der Waals surface area contributed by atoms with Crippen LogP contribution in [0.15, 0.2) is 62.4 Å². The molecule has 3 aromatic heterocycles. The molecule has 1 fully saturated rings. The van der Waals surface area contributed by atoms with Gasteiger partial charge in [0.15, 0.2) is 0 Å². The van der Waals surface area contributed by atoms with Crippen LogP contribution in [0.5, 0.6) is 0 Å². The van der Waals surface area contributed by atoms with E-state index in [1.807, 2.05) is 38.1 Å². The third-order valence-electron chi connectivity index (χ3n) is 5.70. The molecule has 1 aliphatic rings. The minimum Gasteiger partial charge on any atom is -0.422 e. The number of anilines is 1.